The molecular formula is C16H30N4O. The van der Waals surface area contributed by atoms with Gasteiger partial charge < -0.3 is 10.1 Å². The molecule has 2 rings (SSSR count). The van der Waals surface area contributed by atoms with Gasteiger partial charge in [-0.2, -0.15) is 5.10 Å². The summed E-state index contributed by atoms with van der Waals surface area (Å²) in [5.74, 6) is 0. The molecule has 120 valence electrons. The lowest BCUT2D eigenvalue weighted by Gasteiger charge is -2.39. The molecular weight excluding hydrogens is 264 g/mol. The summed E-state index contributed by atoms with van der Waals surface area (Å²) in [6.45, 7) is 13.6. The fourth-order valence-electron chi connectivity index (χ4n) is 3.02. The summed E-state index contributed by atoms with van der Waals surface area (Å²) in [7, 11) is 0. The van der Waals surface area contributed by atoms with Crippen molar-refractivity contribution < 1.29 is 4.74 Å². The maximum Gasteiger partial charge on any atom is 0.0912 e. The molecule has 1 aromatic rings. The third-order valence-corrected chi connectivity index (χ3v) is 4.15. The lowest BCUT2D eigenvalue weighted by molar-refractivity contribution is -0.0571. The zero-order valence-corrected chi connectivity index (χ0v) is 13.9. The van der Waals surface area contributed by atoms with E-state index < -0.39 is 0 Å². The minimum absolute atomic E-state index is 0.188. The fourth-order valence-corrected chi connectivity index (χ4v) is 3.02. The predicted molar refractivity (Wildman–Crippen MR) is 85.4 cm³/mol. The Kier molecular flexibility index (Phi) is 6.21. The zero-order valence-electron chi connectivity index (χ0n) is 13.9. The number of likely N-dealkylation sites (N-methyl/N-ethyl adjacent to an activating group) is 1. The molecule has 0 spiro atoms. The van der Waals surface area contributed by atoms with Crippen LogP contribution in [0.2, 0.25) is 0 Å². The molecule has 0 saturated carbocycles. The van der Waals surface area contributed by atoms with Crippen LogP contribution in [-0.2, 0) is 11.3 Å². The van der Waals surface area contributed by atoms with Gasteiger partial charge in [-0.05, 0) is 32.9 Å². The molecule has 1 aliphatic heterocycles. The summed E-state index contributed by atoms with van der Waals surface area (Å²) in [6, 6.07) is 2.91. The molecule has 1 fully saturated rings. The summed E-state index contributed by atoms with van der Waals surface area (Å²) in [5.41, 5.74) is 1.24. The first-order valence-electron chi connectivity index (χ1n) is 8.28. The fraction of sp³-hybridized carbons (Fsp3) is 0.812. The number of nitrogens with one attached hydrogen (secondary N) is 1. The number of ether oxygens (including phenoxy) is 1. The first kappa shape index (κ1) is 16.5. The maximum absolute atomic E-state index is 6.08. The minimum atomic E-state index is 0.188. The standard InChI is InChI=1S/C16H30N4O/c1-5-9-20-14(7-8-18-20)16(17-6-2)15-12-19(13(3)4)10-11-21-15/h7-8,13,15-17H,5-6,9-12H2,1-4H3. The van der Waals surface area contributed by atoms with Crippen molar-refractivity contribution in [1.29, 1.82) is 0 Å². The van der Waals surface area contributed by atoms with E-state index in [0.717, 1.165) is 39.2 Å². The Labute approximate surface area is 128 Å². The SMILES string of the molecule is CCCn1nccc1C(NCC)C1CN(C(C)C)CCO1. The van der Waals surface area contributed by atoms with E-state index in [1.807, 2.05) is 6.20 Å². The third kappa shape index (κ3) is 4.05. The van der Waals surface area contributed by atoms with E-state index in [-0.39, 0.29) is 12.1 Å². The Morgan fingerprint density at radius 1 is 1.43 bits per heavy atom. The Morgan fingerprint density at radius 2 is 2.24 bits per heavy atom. The molecule has 0 amide bonds. The predicted octanol–water partition coefficient (Wildman–Crippen LogP) is 2.05. The molecule has 1 aliphatic rings. The van der Waals surface area contributed by atoms with Crippen LogP contribution in [0.3, 0.4) is 0 Å². The van der Waals surface area contributed by atoms with Crippen LogP contribution in [0.25, 0.3) is 0 Å². The largest absolute Gasteiger partial charge is 0.374 e. The second-order valence-corrected chi connectivity index (χ2v) is 6.01. The normalized spacial score (nSPS) is 21.9. The van der Waals surface area contributed by atoms with Crippen molar-refractivity contribution >= 4 is 0 Å². The van der Waals surface area contributed by atoms with E-state index in [0.29, 0.717) is 6.04 Å². The molecule has 1 saturated heterocycles. The van der Waals surface area contributed by atoms with Gasteiger partial charge >= 0.3 is 0 Å². The van der Waals surface area contributed by atoms with Gasteiger partial charge in [-0.15, -0.1) is 0 Å². The first-order chi connectivity index (χ1) is 10.2. The second kappa shape index (κ2) is 7.92. The van der Waals surface area contributed by atoms with Crippen LogP contribution >= 0.6 is 0 Å². The summed E-state index contributed by atoms with van der Waals surface area (Å²) < 4.78 is 8.20. The van der Waals surface area contributed by atoms with Gasteiger partial charge in [0.25, 0.3) is 0 Å². The molecule has 5 nitrogen and oxygen atoms in total. The summed E-state index contributed by atoms with van der Waals surface area (Å²) in [6.07, 6.45) is 3.18. The van der Waals surface area contributed by atoms with Crippen molar-refractivity contribution in [3.05, 3.63) is 18.0 Å². The van der Waals surface area contributed by atoms with Crippen LogP contribution in [0.15, 0.2) is 12.3 Å². The zero-order chi connectivity index (χ0) is 15.2. The van der Waals surface area contributed by atoms with E-state index in [4.69, 9.17) is 4.74 Å². The van der Waals surface area contributed by atoms with Gasteiger partial charge in [0.05, 0.1) is 24.4 Å². The number of hydrogen-bond donors (Lipinski definition) is 1. The van der Waals surface area contributed by atoms with Crippen LogP contribution in [0.4, 0.5) is 0 Å². The molecule has 1 aromatic heterocycles. The topological polar surface area (TPSA) is 42.3 Å². The Balaban J connectivity index is 2.15. The number of aromatic nitrogens is 2. The molecule has 0 bridgehead atoms. The van der Waals surface area contributed by atoms with E-state index in [2.05, 4.69) is 53.8 Å². The van der Waals surface area contributed by atoms with Gasteiger partial charge in [0.2, 0.25) is 0 Å². The van der Waals surface area contributed by atoms with E-state index in [1.54, 1.807) is 0 Å². The maximum atomic E-state index is 6.08. The number of morpholine rings is 1. The van der Waals surface area contributed by atoms with Gasteiger partial charge in [0.1, 0.15) is 0 Å². The molecule has 1 N–H and O–H groups in total. The van der Waals surface area contributed by atoms with Gasteiger partial charge in [0, 0.05) is 31.9 Å². The highest BCUT2D eigenvalue weighted by molar-refractivity contribution is 5.10. The van der Waals surface area contributed by atoms with Crippen LogP contribution in [0, 0.1) is 0 Å². The molecule has 2 unspecified atom stereocenters. The van der Waals surface area contributed by atoms with Crippen molar-refractivity contribution in [3.8, 4) is 0 Å². The average molecular weight is 294 g/mol. The number of aryl methyl sites for hydroxylation is 1. The molecule has 0 aromatic carbocycles. The van der Waals surface area contributed by atoms with Crippen LogP contribution in [-0.4, -0.2) is 53.1 Å². The Morgan fingerprint density at radius 3 is 2.90 bits per heavy atom. The van der Waals surface area contributed by atoms with Crippen LogP contribution in [0.5, 0.6) is 0 Å². The van der Waals surface area contributed by atoms with Gasteiger partial charge in [-0.3, -0.25) is 9.58 Å². The molecule has 0 radical (unpaired) electrons. The number of hydrogen-bond acceptors (Lipinski definition) is 4. The highest BCUT2D eigenvalue weighted by Crippen LogP contribution is 2.23. The smallest absolute Gasteiger partial charge is 0.0912 e. The van der Waals surface area contributed by atoms with Gasteiger partial charge in [0.15, 0.2) is 0 Å². The minimum Gasteiger partial charge on any atom is -0.374 e. The number of rotatable bonds is 7. The lowest BCUT2D eigenvalue weighted by Crippen LogP contribution is -2.50. The quantitative estimate of drug-likeness (QED) is 0.836. The molecule has 0 aliphatic carbocycles. The molecule has 21 heavy (non-hydrogen) atoms. The Bertz CT molecular complexity index is 418. The van der Waals surface area contributed by atoms with Crippen molar-refractivity contribution in [2.75, 3.05) is 26.2 Å². The Hall–Kier alpha value is -0.910. The van der Waals surface area contributed by atoms with Crippen molar-refractivity contribution in [3.63, 3.8) is 0 Å². The van der Waals surface area contributed by atoms with E-state index in [9.17, 15) is 0 Å². The van der Waals surface area contributed by atoms with Gasteiger partial charge in [-0.25, -0.2) is 0 Å². The van der Waals surface area contributed by atoms with Gasteiger partial charge in [-0.1, -0.05) is 13.8 Å². The third-order valence-electron chi connectivity index (χ3n) is 4.15. The molecule has 5 heteroatoms. The van der Waals surface area contributed by atoms with Crippen molar-refractivity contribution in [2.45, 2.75) is 58.8 Å². The lowest BCUT2D eigenvalue weighted by atomic mass is 10.0. The first-order valence-corrected chi connectivity index (χ1v) is 8.28. The van der Waals surface area contributed by atoms with Crippen LogP contribution in [0.1, 0.15) is 45.9 Å². The second-order valence-electron chi connectivity index (χ2n) is 6.01. The highest BCUT2D eigenvalue weighted by Gasteiger charge is 2.31. The summed E-state index contributed by atoms with van der Waals surface area (Å²) in [5, 5.41) is 8.07. The van der Waals surface area contributed by atoms with Crippen LogP contribution < -0.4 is 5.32 Å². The summed E-state index contributed by atoms with van der Waals surface area (Å²) >= 11 is 0. The van der Waals surface area contributed by atoms with Crippen molar-refractivity contribution in [1.82, 2.24) is 20.0 Å². The number of nitrogens with zero attached hydrogens (tertiary/aromatic N) is 3. The molecule has 2 atom stereocenters. The van der Waals surface area contributed by atoms with E-state index >= 15 is 0 Å². The monoisotopic (exact) mass is 294 g/mol. The van der Waals surface area contributed by atoms with E-state index in [1.165, 1.54) is 5.69 Å². The summed E-state index contributed by atoms with van der Waals surface area (Å²) in [4.78, 5) is 2.50. The molecule has 2 heterocycles. The average Bonchev–Trinajstić information content (AvgIpc) is 2.93. The highest BCUT2D eigenvalue weighted by atomic mass is 16.5. The van der Waals surface area contributed by atoms with Crippen molar-refractivity contribution in [2.24, 2.45) is 0 Å².